The third-order valence-corrected chi connectivity index (χ3v) is 3.79. The van der Waals surface area contributed by atoms with E-state index in [2.05, 4.69) is 5.32 Å². The lowest BCUT2D eigenvalue weighted by Crippen LogP contribution is -2.08. The molecular formula is C16H17F2NOS. The summed E-state index contributed by atoms with van der Waals surface area (Å²) in [6, 6.07) is 14.8. The molecule has 0 bridgehead atoms. The van der Waals surface area contributed by atoms with E-state index in [1.54, 1.807) is 31.4 Å². The van der Waals surface area contributed by atoms with E-state index in [9.17, 15) is 8.78 Å². The summed E-state index contributed by atoms with van der Waals surface area (Å²) in [7, 11) is 1.64. The van der Waals surface area contributed by atoms with Gasteiger partial charge in [0.25, 0.3) is 5.76 Å². The van der Waals surface area contributed by atoms with Crippen LogP contribution in [-0.4, -0.2) is 12.9 Å². The Morgan fingerprint density at radius 1 is 1.05 bits per heavy atom. The van der Waals surface area contributed by atoms with Gasteiger partial charge in [-0.15, -0.1) is 0 Å². The summed E-state index contributed by atoms with van der Waals surface area (Å²) in [5, 5.41) is 3.34. The Bertz CT molecular complexity index is 575. The fourth-order valence-electron chi connectivity index (χ4n) is 2.08. The summed E-state index contributed by atoms with van der Waals surface area (Å²) in [6.07, 6.45) is 0. The molecule has 0 aromatic heterocycles. The zero-order valence-corrected chi connectivity index (χ0v) is 12.7. The van der Waals surface area contributed by atoms with Gasteiger partial charge in [0.1, 0.15) is 5.75 Å². The molecule has 2 aromatic rings. The Kier molecular flexibility index (Phi) is 5.44. The van der Waals surface area contributed by atoms with Gasteiger partial charge in [0.2, 0.25) is 0 Å². The number of halogens is 2. The average molecular weight is 309 g/mol. The summed E-state index contributed by atoms with van der Waals surface area (Å²) in [6.45, 7) is 2.03. The van der Waals surface area contributed by atoms with Crippen LogP contribution in [0.25, 0.3) is 0 Å². The number of alkyl halides is 2. The van der Waals surface area contributed by atoms with Crippen molar-refractivity contribution in [2.45, 2.75) is 23.6 Å². The zero-order valence-electron chi connectivity index (χ0n) is 11.8. The third kappa shape index (κ3) is 4.36. The van der Waals surface area contributed by atoms with E-state index in [-0.39, 0.29) is 6.04 Å². The topological polar surface area (TPSA) is 21.3 Å². The highest BCUT2D eigenvalue weighted by Crippen LogP contribution is 2.29. The van der Waals surface area contributed by atoms with Crippen LogP contribution in [0.3, 0.4) is 0 Å². The van der Waals surface area contributed by atoms with Crippen molar-refractivity contribution in [3.05, 3.63) is 54.1 Å². The highest BCUT2D eigenvalue weighted by molar-refractivity contribution is 7.99. The summed E-state index contributed by atoms with van der Waals surface area (Å²) < 4.78 is 29.9. The van der Waals surface area contributed by atoms with E-state index >= 15 is 0 Å². The Morgan fingerprint density at radius 3 is 2.33 bits per heavy atom. The van der Waals surface area contributed by atoms with Crippen LogP contribution >= 0.6 is 11.8 Å². The number of rotatable bonds is 6. The molecule has 2 aromatic carbocycles. The number of nitrogens with one attached hydrogen (secondary N) is 1. The van der Waals surface area contributed by atoms with Gasteiger partial charge in [-0.25, -0.2) is 0 Å². The first-order valence-corrected chi connectivity index (χ1v) is 7.42. The maximum Gasteiger partial charge on any atom is 0.288 e. The summed E-state index contributed by atoms with van der Waals surface area (Å²) in [5.41, 5.74) is 1.93. The van der Waals surface area contributed by atoms with Gasteiger partial charge < -0.3 is 10.1 Å². The van der Waals surface area contributed by atoms with E-state index in [4.69, 9.17) is 4.74 Å². The van der Waals surface area contributed by atoms with E-state index in [1.807, 2.05) is 31.2 Å². The molecule has 0 aliphatic heterocycles. The number of para-hydroxylation sites is 1. The number of thioether (sulfide) groups is 1. The Hall–Kier alpha value is -1.75. The van der Waals surface area contributed by atoms with Crippen molar-refractivity contribution in [2.24, 2.45) is 0 Å². The van der Waals surface area contributed by atoms with Gasteiger partial charge in [0.15, 0.2) is 0 Å². The van der Waals surface area contributed by atoms with Crippen molar-refractivity contribution < 1.29 is 13.5 Å². The molecule has 0 saturated carbocycles. The van der Waals surface area contributed by atoms with Crippen LogP contribution < -0.4 is 10.1 Å². The fourth-order valence-corrected chi connectivity index (χ4v) is 2.58. The number of hydrogen-bond acceptors (Lipinski definition) is 3. The second kappa shape index (κ2) is 7.31. The molecular weight excluding hydrogens is 292 g/mol. The summed E-state index contributed by atoms with van der Waals surface area (Å²) >= 11 is 0.547. The molecule has 1 N–H and O–H groups in total. The first-order chi connectivity index (χ1) is 10.1. The van der Waals surface area contributed by atoms with Gasteiger partial charge >= 0.3 is 0 Å². The monoisotopic (exact) mass is 309 g/mol. The highest BCUT2D eigenvalue weighted by atomic mass is 32.2. The summed E-state index contributed by atoms with van der Waals surface area (Å²) in [4.78, 5) is 0.556. The maximum absolute atomic E-state index is 12.3. The van der Waals surface area contributed by atoms with E-state index in [0.717, 1.165) is 17.0 Å². The van der Waals surface area contributed by atoms with Crippen LogP contribution in [0, 0.1) is 0 Å². The molecule has 0 amide bonds. The number of benzene rings is 2. The van der Waals surface area contributed by atoms with Crippen LogP contribution in [0.5, 0.6) is 5.75 Å². The van der Waals surface area contributed by atoms with Gasteiger partial charge in [0.05, 0.1) is 13.2 Å². The molecule has 0 fully saturated rings. The lowest BCUT2D eigenvalue weighted by Gasteiger charge is -2.18. The molecule has 1 atom stereocenters. The number of methoxy groups -OCH3 is 1. The molecule has 0 aliphatic rings. The first kappa shape index (κ1) is 15.6. The SMILES string of the molecule is COc1ccccc1C(C)Nc1ccc(SC(F)F)cc1. The third-order valence-electron chi connectivity index (χ3n) is 3.07. The number of ether oxygens (including phenoxy) is 1. The molecule has 0 spiro atoms. The number of anilines is 1. The van der Waals surface area contributed by atoms with Crippen LogP contribution in [0.2, 0.25) is 0 Å². The van der Waals surface area contributed by atoms with Crippen molar-refractivity contribution in [1.82, 2.24) is 0 Å². The molecule has 0 heterocycles. The molecule has 112 valence electrons. The predicted octanol–water partition coefficient (Wildman–Crippen LogP) is 5.18. The number of hydrogen-bond donors (Lipinski definition) is 1. The van der Waals surface area contributed by atoms with E-state index in [1.165, 1.54) is 0 Å². The lowest BCUT2D eigenvalue weighted by atomic mass is 10.1. The molecule has 1 unspecified atom stereocenters. The van der Waals surface area contributed by atoms with Crippen molar-refractivity contribution >= 4 is 17.4 Å². The summed E-state index contributed by atoms with van der Waals surface area (Å²) in [5.74, 6) is -1.57. The minimum absolute atomic E-state index is 0.0507. The molecule has 2 rings (SSSR count). The van der Waals surface area contributed by atoms with Crippen LogP contribution in [0.1, 0.15) is 18.5 Å². The standard InChI is InChI=1S/C16H17F2NOS/c1-11(14-5-3-4-6-15(14)20-2)19-12-7-9-13(10-8-12)21-16(17)18/h3-11,16,19H,1-2H3. The molecule has 5 heteroatoms. The van der Waals surface area contributed by atoms with Gasteiger partial charge in [-0.05, 0) is 37.3 Å². The molecule has 0 saturated heterocycles. The molecule has 0 radical (unpaired) electrons. The van der Waals surface area contributed by atoms with Crippen molar-refractivity contribution in [1.29, 1.82) is 0 Å². The van der Waals surface area contributed by atoms with Crippen LogP contribution in [0.15, 0.2) is 53.4 Å². The Balaban J connectivity index is 2.07. The molecule has 21 heavy (non-hydrogen) atoms. The van der Waals surface area contributed by atoms with E-state index in [0.29, 0.717) is 16.7 Å². The normalized spacial score (nSPS) is 12.2. The van der Waals surface area contributed by atoms with Crippen molar-refractivity contribution in [3.8, 4) is 5.75 Å². The van der Waals surface area contributed by atoms with Gasteiger partial charge in [-0.1, -0.05) is 30.0 Å². The Labute approximate surface area is 127 Å². The smallest absolute Gasteiger partial charge is 0.288 e. The van der Waals surface area contributed by atoms with Crippen LogP contribution in [0.4, 0.5) is 14.5 Å². The van der Waals surface area contributed by atoms with Gasteiger partial charge in [-0.2, -0.15) is 8.78 Å². The van der Waals surface area contributed by atoms with Crippen molar-refractivity contribution in [3.63, 3.8) is 0 Å². The minimum Gasteiger partial charge on any atom is -0.496 e. The second-order valence-electron chi connectivity index (χ2n) is 4.51. The largest absolute Gasteiger partial charge is 0.496 e. The van der Waals surface area contributed by atoms with Crippen LogP contribution in [-0.2, 0) is 0 Å². The predicted molar refractivity (Wildman–Crippen MR) is 83.3 cm³/mol. The van der Waals surface area contributed by atoms with Gasteiger partial charge in [0, 0.05) is 16.1 Å². The molecule has 2 nitrogen and oxygen atoms in total. The molecule has 0 aliphatic carbocycles. The van der Waals surface area contributed by atoms with Crippen molar-refractivity contribution in [2.75, 3.05) is 12.4 Å². The zero-order chi connectivity index (χ0) is 15.2. The minimum atomic E-state index is -2.39. The second-order valence-corrected chi connectivity index (χ2v) is 5.57. The first-order valence-electron chi connectivity index (χ1n) is 6.54. The Morgan fingerprint density at radius 2 is 1.71 bits per heavy atom. The maximum atomic E-state index is 12.3. The van der Waals surface area contributed by atoms with E-state index < -0.39 is 5.76 Å². The quantitative estimate of drug-likeness (QED) is 0.743. The lowest BCUT2D eigenvalue weighted by molar-refractivity contribution is 0.252. The highest BCUT2D eigenvalue weighted by Gasteiger charge is 2.11. The fraction of sp³-hybridized carbons (Fsp3) is 0.250. The average Bonchev–Trinajstić information content (AvgIpc) is 2.48. The van der Waals surface area contributed by atoms with Gasteiger partial charge in [-0.3, -0.25) is 0 Å².